The molecule has 1 N–H and O–H groups in total. The lowest BCUT2D eigenvalue weighted by atomic mass is 10.0. The van der Waals surface area contributed by atoms with Gasteiger partial charge in [-0.05, 0) is 30.5 Å². The number of amides is 1. The van der Waals surface area contributed by atoms with E-state index < -0.39 is 0 Å². The Morgan fingerprint density at radius 2 is 2.00 bits per heavy atom. The molecule has 1 amide bonds. The van der Waals surface area contributed by atoms with Crippen LogP contribution in [0.1, 0.15) is 36.7 Å². The molecule has 0 atom stereocenters. The quantitative estimate of drug-likeness (QED) is 0.664. The maximum absolute atomic E-state index is 12.6. The Hall–Kier alpha value is -3.62. The molecule has 0 unspecified atom stereocenters. The average Bonchev–Trinajstić information content (AvgIpc) is 3.35. The summed E-state index contributed by atoms with van der Waals surface area (Å²) >= 11 is 0. The highest BCUT2D eigenvalue weighted by atomic mass is 16.7. The van der Waals surface area contributed by atoms with Crippen LogP contribution in [-0.2, 0) is 17.9 Å². The third kappa shape index (κ3) is 4.05. The molecule has 30 heavy (non-hydrogen) atoms. The van der Waals surface area contributed by atoms with Crippen LogP contribution >= 0.6 is 0 Å². The van der Waals surface area contributed by atoms with Crippen molar-refractivity contribution < 1.29 is 18.8 Å². The summed E-state index contributed by atoms with van der Waals surface area (Å²) < 4.78 is 17.1. The van der Waals surface area contributed by atoms with E-state index in [-0.39, 0.29) is 30.7 Å². The Morgan fingerprint density at radius 1 is 1.20 bits per heavy atom. The van der Waals surface area contributed by atoms with Gasteiger partial charge in [0.05, 0.1) is 11.4 Å². The highest BCUT2D eigenvalue weighted by Gasteiger charge is 2.18. The Bertz CT molecular complexity index is 1150. The summed E-state index contributed by atoms with van der Waals surface area (Å²) in [6.07, 6.45) is 0. The van der Waals surface area contributed by atoms with Crippen LogP contribution in [0, 0.1) is 6.92 Å². The van der Waals surface area contributed by atoms with Crippen LogP contribution in [0.15, 0.2) is 39.6 Å². The monoisotopic (exact) mass is 410 g/mol. The topological polar surface area (TPSA) is 108 Å². The molecular weight excluding hydrogens is 388 g/mol. The van der Waals surface area contributed by atoms with Gasteiger partial charge >= 0.3 is 0 Å². The zero-order valence-electron chi connectivity index (χ0n) is 17.0. The predicted molar refractivity (Wildman–Crippen MR) is 107 cm³/mol. The van der Waals surface area contributed by atoms with Gasteiger partial charge in [-0.25, -0.2) is 4.68 Å². The van der Waals surface area contributed by atoms with E-state index in [1.807, 2.05) is 26.0 Å². The van der Waals surface area contributed by atoms with E-state index in [1.165, 1.54) is 6.07 Å². The van der Waals surface area contributed by atoms with Gasteiger partial charge in [-0.15, -0.1) is 0 Å². The minimum absolute atomic E-state index is 0.0222. The number of hydrogen-bond acceptors (Lipinski definition) is 7. The number of carbonyl (C=O) groups excluding carboxylic acids is 1. The van der Waals surface area contributed by atoms with E-state index in [4.69, 9.17) is 14.0 Å². The van der Waals surface area contributed by atoms with E-state index in [2.05, 4.69) is 15.6 Å². The van der Waals surface area contributed by atoms with Crippen molar-refractivity contribution in [3.8, 4) is 22.8 Å². The molecule has 9 nitrogen and oxygen atoms in total. The summed E-state index contributed by atoms with van der Waals surface area (Å²) in [4.78, 5) is 25.0. The molecule has 156 valence electrons. The summed E-state index contributed by atoms with van der Waals surface area (Å²) in [5.41, 5.74) is 2.45. The second-order valence-electron chi connectivity index (χ2n) is 7.39. The second kappa shape index (κ2) is 8.02. The highest BCUT2D eigenvalue weighted by molar-refractivity contribution is 5.75. The maximum atomic E-state index is 12.6. The Morgan fingerprint density at radius 3 is 2.73 bits per heavy atom. The average molecular weight is 410 g/mol. The van der Waals surface area contributed by atoms with Crippen molar-refractivity contribution in [2.24, 2.45) is 0 Å². The van der Waals surface area contributed by atoms with Crippen molar-refractivity contribution in [3.63, 3.8) is 0 Å². The minimum atomic E-state index is -0.387. The summed E-state index contributed by atoms with van der Waals surface area (Å²) in [6, 6.07) is 8.66. The van der Waals surface area contributed by atoms with Gasteiger partial charge in [0.15, 0.2) is 17.3 Å². The fourth-order valence-corrected chi connectivity index (χ4v) is 3.18. The van der Waals surface area contributed by atoms with Gasteiger partial charge in [-0.2, -0.15) is 5.10 Å². The van der Waals surface area contributed by atoms with Crippen LogP contribution in [0.3, 0.4) is 0 Å². The van der Waals surface area contributed by atoms with Crippen LogP contribution in [0.2, 0.25) is 0 Å². The van der Waals surface area contributed by atoms with Crippen molar-refractivity contribution in [2.75, 3.05) is 6.79 Å². The Kier molecular flexibility index (Phi) is 5.26. The molecule has 0 radical (unpaired) electrons. The molecule has 0 saturated carbocycles. The number of nitrogens with one attached hydrogen (secondary N) is 1. The maximum Gasteiger partial charge on any atom is 0.267 e. The summed E-state index contributed by atoms with van der Waals surface area (Å²) in [6.45, 7) is 6.05. The molecule has 4 rings (SSSR count). The number of carbonyl (C=O) groups is 1. The number of aryl methyl sites for hydroxylation is 1. The number of benzene rings is 1. The van der Waals surface area contributed by atoms with E-state index >= 15 is 0 Å². The first kappa shape index (κ1) is 19.7. The van der Waals surface area contributed by atoms with Gasteiger partial charge in [-0.1, -0.05) is 25.1 Å². The van der Waals surface area contributed by atoms with Gasteiger partial charge in [0.25, 0.3) is 5.56 Å². The Balaban J connectivity index is 1.49. The van der Waals surface area contributed by atoms with Crippen LogP contribution in [-0.4, -0.2) is 27.6 Å². The van der Waals surface area contributed by atoms with Crippen molar-refractivity contribution in [1.29, 1.82) is 0 Å². The molecular formula is C21H22N4O5. The first-order valence-corrected chi connectivity index (χ1v) is 9.61. The largest absolute Gasteiger partial charge is 0.454 e. The highest BCUT2D eigenvalue weighted by Crippen LogP contribution is 2.32. The van der Waals surface area contributed by atoms with Gasteiger partial charge in [0.1, 0.15) is 6.54 Å². The fourth-order valence-electron chi connectivity index (χ4n) is 3.18. The molecule has 1 aliphatic rings. The molecule has 2 aromatic heterocycles. The SMILES string of the molecule is Cc1cc(-c2cc(=O)n(CC(=O)NCc3ccc4c(c3)OCO4)nc2C(C)C)on1. The molecule has 1 aromatic carbocycles. The summed E-state index contributed by atoms with van der Waals surface area (Å²) in [7, 11) is 0. The van der Waals surface area contributed by atoms with Crippen molar-refractivity contribution in [1.82, 2.24) is 20.3 Å². The zero-order valence-corrected chi connectivity index (χ0v) is 17.0. The molecule has 3 aromatic rings. The van der Waals surface area contributed by atoms with Gasteiger partial charge in [0, 0.05) is 24.2 Å². The number of fused-ring (bicyclic) bond motifs is 1. The molecule has 0 fully saturated rings. The van der Waals surface area contributed by atoms with Crippen LogP contribution < -0.4 is 20.3 Å². The van der Waals surface area contributed by atoms with Crippen LogP contribution in [0.5, 0.6) is 11.5 Å². The molecule has 1 aliphatic heterocycles. The number of hydrogen-bond donors (Lipinski definition) is 1. The number of rotatable bonds is 6. The smallest absolute Gasteiger partial charge is 0.267 e. The van der Waals surface area contributed by atoms with Crippen molar-refractivity contribution in [3.05, 3.63) is 57.6 Å². The zero-order chi connectivity index (χ0) is 21.3. The fraction of sp³-hybridized carbons (Fsp3) is 0.333. The molecule has 0 spiro atoms. The molecule has 3 heterocycles. The number of nitrogens with zero attached hydrogens (tertiary/aromatic N) is 3. The molecule has 0 aliphatic carbocycles. The van der Waals surface area contributed by atoms with Crippen LogP contribution in [0.25, 0.3) is 11.3 Å². The third-order valence-corrected chi connectivity index (χ3v) is 4.69. The summed E-state index contributed by atoms with van der Waals surface area (Å²) in [5.74, 6) is 1.53. The van der Waals surface area contributed by atoms with Crippen LogP contribution in [0.4, 0.5) is 0 Å². The first-order chi connectivity index (χ1) is 14.4. The second-order valence-corrected chi connectivity index (χ2v) is 7.39. The normalized spacial score (nSPS) is 12.4. The lowest BCUT2D eigenvalue weighted by Crippen LogP contribution is -2.34. The van der Waals surface area contributed by atoms with Gasteiger partial charge in [-0.3, -0.25) is 9.59 Å². The summed E-state index contributed by atoms with van der Waals surface area (Å²) in [5, 5.41) is 11.1. The standard InChI is InChI=1S/C21H22N4O5/c1-12(2)21-15(17-6-13(3)24-30-17)8-20(27)25(23-21)10-19(26)22-9-14-4-5-16-18(7-14)29-11-28-16/h4-8,12H,9-11H2,1-3H3,(H,22,26). The predicted octanol–water partition coefficient (Wildman–Crippen LogP) is 2.38. The lowest BCUT2D eigenvalue weighted by Gasteiger charge is -2.13. The van der Waals surface area contributed by atoms with E-state index in [1.54, 1.807) is 19.1 Å². The van der Waals surface area contributed by atoms with Crippen molar-refractivity contribution >= 4 is 5.91 Å². The lowest BCUT2D eigenvalue weighted by molar-refractivity contribution is -0.122. The van der Waals surface area contributed by atoms with Gasteiger partial charge in [0.2, 0.25) is 12.7 Å². The number of aromatic nitrogens is 3. The van der Waals surface area contributed by atoms with Gasteiger partial charge < -0.3 is 19.3 Å². The molecule has 0 saturated heterocycles. The third-order valence-electron chi connectivity index (χ3n) is 4.69. The van der Waals surface area contributed by atoms with E-state index in [0.29, 0.717) is 40.8 Å². The molecule has 0 bridgehead atoms. The number of ether oxygens (including phenoxy) is 2. The van der Waals surface area contributed by atoms with E-state index in [0.717, 1.165) is 10.2 Å². The molecule has 9 heteroatoms. The minimum Gasteiger partial charge on any atom is -0.454 e. The van der Waals surface area contributed by atoms with Crippen molar-refractivity contribution in [2.45, 2.75) is 39.8 Å². The Labute approximate surface area is 172 Å². The first-order valence-electron chi connectivity index (χ1n) is 9.61. The van der Waals surface area contributed by atoms with E-state index in [9.17, 15) is 9.59 Å².